The molecular formula is C40H50N6O7. The van der Waals surface area contributed by atoms with Crippen molar-refractivity contribution in [3.05, 3.63) is 60.4 Å². The minimum atomic E-state index is -1.39. The number of allylic oxidation sites excluding steroid dienone is 1. The summed E-state index contributed by atoms with van der Waals surface area (Å²) in [6.07, 6.45) is 11.5. The van der Waals surface area contributed by atoms with Gasteiger partial charge >= 0.3 is 11.9 Å². The van der Waals surface area contributed by atoms with Gasteiger partial charge in [0.15, 0.2) is 5.82 Å². The van der Waals surface area contributed by atoms with Crippen molar-refractivity contribution in [3.8, 4) is 11.6 Å². The monoisotopic (exact) mass is 726 g/mol. The van der Waals surface area contributed by atoms with Crippen LogP contribution in [0.4, 0.5) is 0 Å². The summed E-state index contributed by atoms with van der Waals surface area (Å²) >= 11 is 0. The number of nitrogens with one attached hydrogen (secondary N) is 1. The molecule has 2 amide bonds. The summed E-state index contributed by atoms with van der Waals surface area (Å²) in [6.45, 7) is 7.50. The maximum Gasteiger partial charge on any atom is 0.330 e. The number of likely N-dealkylation sites (tertiary alicyclic amines) is 1. The Labute approximate surface area is 309 Å². The van der Waals surface area contributed by atoms with Crippen molar-refractivity contribution in [1.82, 2.24) is 29.9 Å². The molecular weight excluding hydrogens is 676 g/mol. The number of ether oxygens (including phenoxy) is 2. The van der Waals surface area contributed by atoms with Crippen molar-refractivity contribution in [2.45, 2.75) is 89.4 Å². The molecule has 0 radical (unpaired) electrons. The molecule has 53 heavy (non-hydrogen) atoms. The molecule has 3 aromatic rings. The smallest absolute Gasteiger partial charge is 0.330 e. The largest absolute Gasteiger partial charge is 0.497 e. The lowest BCUT2D eigenvalue weighted by atomic mass is 9.92. The first-order valence-corrected chi connectivity index (χ1v) is 18.8. The molecule has 0 bridgehead atoms. The fourth-order valence-corrected chi connectivity index (χ4v) is 8.59. The van der Waals surface area contributed by atoms with E-state index in [1.807, 2.05) is 48.7 Å². The zero-order valence-corrected chi connectivity index (χ0v) is 31.0. The van der Waals surface area contributed by atoms with Crippen molar-refractivity contribution in [2.24, 2.45) is 23.7 Å². The number of benzene rings is 1. The summed E-state index contributed by atoms with van der Waals surface area (Å²) in [5, 5.41) is 18.6. The third-order valence-electron chi connectivity index (χ3n) is 11.2. The number of hydrogen-bond acceptors (Lipinski definition) is 9. The highest BCUT2D eigenvalue weighted by Gasteiger charge is 2.62. The minimum Gasteiger partial charge on any atom is -0.497 e. The van der Waals surface area contributed by atoms with Crippen molar-refractivity contribution in [1.29, 1.82) is 0 Å². The van der Waals surface area contributed by atoms with Crippen LogP contribution < -0.4 is 10.1 Å². The normalized spacial score (nSPS) is 28.6. The van der Waals surface area contributed by atoms with Crippen LogP contribution in [-0.2, 0) is 30.5 Å². The van der Waals surface area contributed by atoms with Crippen molar-refractivity contribution in [2.75, 3.05) is 26.7 Å². The molecule has 0 unspecified atom stereocenters. The van der Waals surface area contributed by atoms with E-state index in [1.165, 1.54) is 0 Å². The lowest BCUT2D eigenvalue weighted by molar-refractivity contribution is -0.159. The van der Waals surface area contributed by atoms with E-state index in [2.05, 4.69) is 15.3 Å². The number of carbonyl (C=O) groups excluding carboxylic acids is 3. The van der Waals surface area contributed by atoms with Gasteiger partial charge in [0.2, 0.25) is 11.8 Å². The molecule has 4 aliphatic rings. The molecule has 5 heterocycles. The van der Waals surface area contributed by atoms with Crippen LogP contribution in [0, 0.1) is 23.7 Å². The predicted molar refractivity (Wildman–Crippen MR) is 196 cm³/mol. The molecule has 3 fully saturated rings. The standard InChI is InChI=1S/C40H50N6O7/c1-39(2,3)53-34(47)18-25-11-8-6-5-7-9-12-28-20-40(28,38(50)51)43-36(48)35-31-24-44(22-27(31)23-45(35)37(25)49)21-26-17-33(46-16-10-15-41-46)42-32-19-29(52-4)13-14-30(26)32/h9-10,12-17,19,25,27-28,31,35H,5-8,11,18,20-24H2,1-4H3,(H,43,48)(H,50,51)/b12-9-/t25-,27-,28+,31-,35-,40+/m0/s1. The highest BCUT2D eigenvalue weighted by molar-refractivity contribution is 5.96. The molecule has 282 valence electrons. The number of nitrogens with zero attached hydrogens (tertiary/aromatic N) is 5. The van der Waals surface area contributed by atoms with E-state index in [1.54, 1.807) is 43.7 Å². The third kappa shape index (κ3) is 7.67. The van der Waals surface area contributed by atoms with E-state index in [0.717, 1.165) is 42.1 Å². The van der Waals surface area contributed by atoms with Crippen molar-refractivity contribution in [3.63, 3.8) is 0 Å². The van der Waals surface area contributed by atoms with Gasteiger partial charge in [0.25, 0.3) is 0 Å². The third-order valence-corrected chi connectivity index (χ3v) is 11.2. The Hall–Kier alpha value is -4.78. The Morgan fingerprint density at radius 2 is 1.92 bits per heavy atom. The second-order valence-electron chi connectivity index (χ2n) is 16.2. The SMILES string of the molecule is COc1ccc2c(CN3C[C@H]4CN5C(=O)[C@H](CC(=O)OC(C)(C)C)CCCCC/C=C\[C@@H]6C[C@@]6(C(=O)O)NC(=O)[C@@H]5[C@H]4C3)cc(-n3cccn3)nc2c1. The summed E-state index contributed by atoms with van der Waals surface area (Å²) in [7, 11) is 1.62. The number of carboxylic acid groups (broad SMARTS) is 1. The summed E-state index contributed by atoms with van der Waals surface area (Å²) in [4.78, 5) is 63.5. The van der Waals surface area contributed by atoms with Gasteiger partial charge in [-0.05, 0) is 82.2 Å². The molecule has 7 rings (SSSR count). The number of rotatable bonds is 7. The number of hydrogen-bond donors (Lipinski definition) is 2. The number of aromatic nitrogens is 3. The number of carbonyl (C=O) groups is 4. The Bertz CT molecular complexity index is 1900. The number of amides is 2. The number of aliphatic carboxylic acids is 1. The first kappa shape index (κ1) is 36.6. The van der Waals surface area contributed by atoms with Crippen LogP contribution in [0.5, 0.6) is 5.75 Å². The van der Waals surface area contributed by atoms with Gasteiger partial charge in [-0.15, -0.1) is 0 Å². The lowest BCUT2D eigenvalue weighted by Crippen LogP contribution is -2.56. The fraction of sp³-hybridized carbons (Fsp3) is 0.550. The summed E-state index contributed by atoms with van der Waals surface area (Å²) in [6, 6.07) is 8.82. The van der Waals surface area contributed by atoms with Crippen LogP contribution in [0.25, 0.3) is 16.7 Å². The van der Waals surface area contributed by atoms with Gasteiger partial charge in [0, 0.05) is 67.8 Å². The van der Waals surface area contributed by atoms with Gasteiger partial charge in [-0.3, -0.25) is 19.3 Å². The quantitative estimate of drug-likeness (QED) is 0.262. The first-order valence-electron chi connectivity index (χ1n) is 18.8. The molecule has 1 aliphatic carbocycles. The average molecular weight is 727 g/mol. The van der Waals surface area contributed by atoms with Gasteiger partial charge < -0.3 is 24.8 Å². The maximum atomic E-state index is 14.5. The number of methoxy groups -OCH3 is 1. The van der Waals surface area contributed by atoms with E-state index < -0.39 is 40.9 Å². The Balaban J connectivity index is 1.18. The minimum absolute atomic E-state index is 0.0229. The summed E-state index contributed by atoms with van der Waals surface area (Å²) < 4.78 is 12.8. The van der Waals surface area contributed by atoms with E-state index in [-0.39, 0.29) is 30.1 Å². The van der Waals surface area contributed by atoms with Gasteiger partial charge in [0.1, 0.15) is 22.9 Å². The molecule has 1 aromatic carbocycles. The summed E-state index contributed by atoms with van der Waals surface area (Å²) in [5.74, 6) is -2.02. The van der Waals surface area contributed by atoms with E-state index in [0.29, 0.717) is 50.6 Å². The number of fused-ring (bicyclic) bond motifs is 5. The van der Waals surface area contributed by atoms with Gasteiger partial charge in [-0.2, -0.15) is 5.10 Å². The van der Waals surface area contributed by atoms with E-state index >= 15 is 0 Å². The van der Waals surface area contributed by atoms with E-state index in [4.69, 9.17) is 14.5 Å². The Morgan fingerprint density at radius 3 is 2.66 bits per heavy atom. The zero-order valence-electron chi connectivity index (χ0n) is 31.0. The van der Waals surface area contributed by atoms with Gasteiger partial charge in [-0.1, -0.05) is 25.0 Å². The topological polar surface area (TPSA) is 156 Å². The second-order valence-corrected chi connectivity index (χ2v) is 16.2. The number of esters is 1. The fourth-order valence-electron chi connectivity index (χ4n) is 8.59. The van der Waals surface area contributed by atoms with Crippen LogP contribution in [0.1, 0.15) is 71.3 Å². The zero-order chi connectivity index (χ0) is 37.5. The van der Waals surface area contributed by atoms with Crippen molar-refractivity contribution >= 4 is 34.7 Å². The molecule has 2 aromatic heterocycles. The molecule has 0 spiro atoms. The van der Waals surface area contributed by atoms with Crippen LogP contribution in [0.15, 0.2) is 54.9 Å². The average Bonchev–Trinajstić information content (AvgIpc) is 3.46. The van der Waals surface area contributed by atoms with Gasteiger partial charge in [0.05, 0.1) is 19.0 Å². The van der Waals surface area contributed by atoms with Crippen LogP contribution in [0.2, 0.25) is 0 Å². The number of carboxylic acids is 1. The molecule has 13 heteroatoms. The van der Waals surface area contributed by atoms with Crippen LogP contribution in [-0.4, -0.2) is 97.3 Å². The molecule has 2 N–H and O–H groups in total. The summed E-state index contributed by atoms with van der Waals surface area (Å²) in [5.41, 5.74) is -0.278. The predicted octanol–water partition coefficient (Wildman–Crippen LogP) is 4.52. The molecule has 2 saturated heterocycles. The first-order chi connectivity index (χ1) is 25.3. The van der Waals surface area contributed by atoms with Crippen molar-refractivity contribution < 1.29 is 33.8 Å². The van der Waals surface area contributed by atoms with Crippen LogP contribution in [0.3, 0.4) is 0 Å². The highest BCUT2D eigenvalue weighted by Crippen LogP contribution is 2.46. The molecule has 3 aliphatic heterocycles. The number of pyridine rings is 1. The lowest BCUT2D eigenvalue weighted by Gasteiger charge is -2.32. The van der Waals surface area contributed by atoms with Gasteiger partial charge in [-0.25, -0.2) is 14.5 Å². The molecule has 6 atom stereocenters. The van der Waals surface area contributed by atoms with E-state index in [9.17, 15) is 24.3 Å². The van der Waals surface area contributed by atoms with Crippen LogP contribution >= 0.6 is 0 Å². The maximum absolute atomic E-state index is 14.5. The Morgan fingerprint density at radius 1 is 1.09 bits per heavy atom. The molecule has 1 saturated carbocycles. The Kier molecular flexibility index (Phi) is 10.1. The second kappa shape index (κ2) is 14.6. The highest BCUT2D eigenvalue weighted by atomic mass is 16.6. The molecule has 13 nitrogen and oxygen atoms in total.